The molecule has 0 aliphatic rings. The standard InChI is InChI=1S/C13H8OS.CHClO2/c14-13-9-5-1-3-7-11(9)15-12-8-4-2-6-10(12)13;2-1(3)4/h1-8H;(H,3,4). The molecule has 1 heterocycles. The van der Waals surface area contributed by atoms with Crippen LogP contribution in [0, 0.1) is 0 Å². The van der Waals surface area contributed by atoms with Crippen LogP contribution in [0.15, 0.2) is 53.3 Å². The van der Waals surface area contributed by atoms with Crippen molar-refractivity contribution in [3.05, 3.63) is 58.8 Å². The molecule has 3 aromatic rings. The maximum absolute atomic E-state index is 12.1. The highest BCUT2D eigenvalue weighted by Crippen LogP contribution is 2.23. The molecule has 5 heteroatoms. The average molecular weight is 293 g/mol. The molecule has 0 radical (unpaired) electrons. The molecule has 0 aliphatic carbocycles. The number of rotatable bonds is 0. The molecule has 0 spiro atoms. The Morgan fingerprint density at radius 3 is 1.74 bits per heavy atom. The molecule has 0 fully saturated rings. The summed E-state index contributed by atoms with van der Waals surface area (Å²) in [6.07, 6.45) is 0. The first-order valence-corrected chi connectivity index (χ1v) is 6.58. The molecular weight excluding hydrogens is 284 g/mol. The van der Waals surface area contributed by atoms with Gasteiger partial charge in [0.1, 0.15) is 0 Å². The predicted octanol–water partition coefficient (Wildman–Crippen LogP) is 4.32. The third-order valence-corrected chi connectivity index (χ3v) is 3.64. The maximum Gasteiger partial charge on any atom is 0.401 e. The molecule has 1 aromatic heterocycles. The van der Waals surface area contributed by atoms with Gasteiger partial charge in [-0.05, 0) is 24.3 Å². The van der Waals surface area contributed by atoms with E-state index in [0.29, 0.717) is 0 Å². The van der Waals surface area contributed by atoms with E-state index in [4.69, 9.17) is 9.90 Å². The van der Waals surface area contributed by atoms with E-state index in [-0.39, 0.29) is 5.43 Å². The lowest BCUT2D eigenvalue weighted by atomic mass is 10.2. The summed E-state index contributed by atoms with van der Waals surface area (Å²) in [5.74, 6) is 0. The molecule has 0 aliphatic heterocycles. The Kier molecular flexibility index (Phi) is 4.14. The van der Waals surface area contributed by atoms with Gasteiger partial charge in [0.05, 0.1) is 0 Å². The number of hydrogen-bond acceptors (Lipinski definition) is 3. The van der Waals surface area contributed by atoms with Crippen molar-refractivity contribution in [2.75, 3.05) is 0 Å². The van der Waals surface area contributed by atoms with Gasteiger partial charge >= 0.3 is 5.43 Å². The van der Waals surface area contributed by atoms with Crippen molar-refractivity contribution in [3.63, 3.8) is 0 Å². The summed E-state index contributed by atoms with van der Waals surface area (Å²) in [6.45, 7) is 0. The molecule has 19 heavy (non-hydrogen) atoms. The van der Waals surface area contributed by atoms with Gasteiger partial charge in [-0.2, -0.15) is 0 Å². The van der Waals surface area contributed by atoms with Gasteiger partial charge in [-0.3, -0.25) is 4.79 Å². The van der Waals surface area contributed by atoms with Gasteiger partial charge in [0.2, 0.25) is 0 Å². The Balaban J connectivity index is 0.000000297. The smallest absolute Gasteiger partial charge is 0.401 e. The van der Waals surface area contributed by atoms with Crippen molar-refractivity contribution in [2.24, 2.45) is 0 Å². The van der Waals surface area contributed by atoms with Crippen LogP contribution in [0.4, 0.5) is 4.79 Å². The molecule has 3 rings (SSSR count). The monoisotopic (exact) mass is 292 g/mol. The number of hydrogen-bond donors (Lipinski definition) is 1. The summed E-state index contributed by atoms with van der Waals surface area (Å²) in [5, 5.41) is 8.82. The fourth-order valence-electron chi connectivity index (χ4n) is 1.75. The van der Waals surface area contributed by atoms with Gasteiger partial charge in [0, 0.05) is 31.8 Å². The van der Waals surface area contributed by atoms with Crippen LogP contribution >= 0.6 is 22.9 Å². The Morgan fingerprint density at radius 1 is 0.947 bits per heavy atom. The fraction of sp³-hybridized carbons (Fsp3) is 0. The topological polar surface area (TPSA) is 54.4 Å². The van der Waals surface area contributed by atoms with E-state index < -0.39 is 5.43 Å². The number of halogens is 1. The quantitative estimate of drug-likeness (QED) is 0.496. The number of benzene rings is 2. The zero-order valence-corrected chi connectivity index (χ0v) is 11.2. The van der Waals surface area contributed by atoms with Gasteiger partial charge in [0.25, 0.3) is 0 Å². The van der Waals surface area contributed by atoms with E-state index in [1.54, 1.807) is 11.3 Å². The highest BCUT2D eigenvalue weighted by molar-refractivity contribution is 7.24. The third-order valence-electron chi connectivity index (χ3n) is 2.48. The van der Waals surface area contributed by atoms with Gasteiger partial charge in [-0.1, -0.05) is 24.3 Å². The molecule has 0 saturated heterocycles. The maximum atomic E-state index is 12.1. The SMILES string of the molecule is O=C(O)Cl.O=c1c2ccccc2sc2ccccc12. The first kappa shape index (κ1) is 13.5. The largest absolute Gasteiger partial charge is 0.469 e. The minimum Gasteiger partial charge on any atom is -0.469 e. The van der Waals surface area contributed by atoms with E-state index in [1.165, 1.54) is 0 Å². The average Bonchev–Trinajstić information content (AvgIpc) is 2.38. The van der Waals surface area contributed by atoms with E-state index in [0.717, 1.165) is 20.2 Å². The summed E-state index contributed by atoms with van der Waals surface area (Å²) in [7, 11) is 0. The summed E-state index contributed by atoms with van der Waals surface area (Å²) in [6, 6.07) is 15.5. The van der Waals surface area contributed by atoms with Crippen molar-refractivity contribution >= 4 is 48.5 Å². The number of fused-ring (bicyclic) bond motifs is 2. The minimum absolute atomic E-state index is 0.139. The van der Waals surface area contributed by atoms with Crippen molar-refractivity contribution in [2.45, 2.75) is 0 Å². The second-order valence-corrected chi connectivity index (χ2v) is 5.08. The van der Waals surface area contributed by atoms with Crippen LogP contribution in [-0.4, -0.2) is 10.5 Å². The lowest BCUT2D eigenvalue weighted by Crippen LogP contribution is -1.99. The number of carbonyl (C=O) groups is 1. The number of carboxylic acid groups (broad SMARTS) is 1. The van der Waals surface area contributed by atoms with Crippen LogP contribution in [0.5, 0.6) is 0 Å². The molecule has 0 atom stereocenters. The van der Waals surface area contributed by atoms with E-state index in [9.17, 15) is 4.79 Å². The summed E-state index contributed by atoms with van der Waals surface area (Å²) in [5.41, 5.74) is -1.22. The van der Waals surface area contributed by atoms with Gasteiger partial charge in [-0.25, -0.2) is 4.79 Å². The first-order valence-electron chi connectivity index (χ1n) is 5.38. The zero-order valence-electron chi connectivity index (χ0n) is 9.67. The Morgan fingerprint density at radius 2 is 1.32 bits per heavy atom. The second kappa shape index (κ2) is 5.82. The van der Waals surface area contributed by atoms with Gasteiger partial charge in [0.15, 0.2) is 5.43 Å². The summed E-state index contributed by atoms with van der Waals surface area (Å²) < 4.78 is 2.11. The van der Waals surface area contributed by atoms with Crippen LogP contribution in [0.25, 0.3) is 20.2 Å². The van der Waals surface area contributed by atoms with Crippen molar-refractivity contribution in [3.8, 4) is 0 Å². The van der Waals surface area contributed by atoms with E-state index in [2.05, 4.69) is 11.6 Å². The first-order chi connectivity index (χ1) is 9.09. The van der Waals surface area contributed by atoms with E-state index >= 15 is 0 Å². The minimum atomic E-state index is -1.36. The molecule has 1 N–H and O–H groups in total. The molecule has 0 amide bonds. The fourth-order valence-corrected chi connectivity index (χ4v) is 2.82. The van der Waals surface area contributed by atoms with Gasteiger partial charge in [-0.15, -0.1) is 11.3 Å². The molecule has 0 unspecified atom stereocenters. The van der Waals surface area contributed by atoms with Crippen LogP contribution in [0.2, 0.25) is 0 Å². The Hall–Kier alpha value is -1.91. The Bertz CT molecular complexity index is 734. The summed E-state index contributed by atoms with van der Waals surface area (Å²) >= 11 is 5.86. The lowest BCUT2D eigenvalue weighted by Gasteiger charge is -1.99. The van der Waals surface area contributed by atoms with E-state index in [1.807, 2.05) is 48.5 Å². The molecular formula is C14H9ClO3S. The molecule has 0 saturated carbocycles. The normalized spacial score (nSPS) is 9.95. The predicted molar refractivity (Wildman–Crippen MR) is 79.5 cm³/mol. The molecule has 96 valence electrons. The van der Waals surface area contributed by atoms with Crippen molar-refractivity contribution < 1.29 is 9.90 Å². The molecule has 0 bridgehead atoms. The Labute approximate surface area is 117 Å². The van der Waals surface area contributed by atoms with Crippen molar-refractivity contribution in [1.82, 2.24) is 0 Å². The summed E-state index contributed by atoms with van der Waals surface area (Å²) in [4.78, 5) is 20.9. The lowest BCUT2D eigenvalue weighted by molar-refractivity contribution is 0.220. The van der Waals surface area contributed by atoms with Crippen LogP contribution in [0.1, 0.15) is 0 Å². The van der Waals surface area contributed by atoms with Gasteiger partial charge < -0.3 is 5.11 Å². The highest BCUT2D eigenvalue weighted by Gasteiger charge is 2.03. The molecule has 2 aromatic carbocycles. The van der Waals surface area contributed by atoms with Crippen LogP contribution in [0.3, 0.4) is 0 Å². The third kappa shape index (κ3) is 3.10. The molecule has 3 nitrogen and oxygen atoms in total. The second-order valence-electron chi connectivity index (χ2n) is 3.68. The van der Waals surface area contributed by atoms with Crippen LogP contribution < -0.4 is 5.43 Å². The van der Waals surface area contributed by atoms with Crippen molar-refractivity contribution in [1.29, 1.82) is 0 Å². The zero-order chi connectivity index (χ0) is 13.8. The van der Waals surface area contributed by atoms with Crippen LogP contribution in [-0.2, 0) is 0 Å². The highest BCUT2D eigenvalue weighted by atomic mass is 35.5.